The molecule has 2 aromatic heterocycles. The number of nitrogens with one attached hydrogen (secondary N) is 1. The Morgan fingerprint density at radius 1 is 1.36 bits per heavy atom. The summed E-state index contributed by atoms with van der Waals surface area (Å²) in [5.41, 5.74) is 0.971. The second-order valence-corrected chi connectivity index (χ2v) is 7.46. The van der Waals surface area contributed by atoms with E-state index in [-0.39, 0.29) is 17.7 Å². The predicted octanol–water partition coefficient (Wildman–Crippen LogP) is 2.65. The Kier molecular flexibility index (Phi) is 3.98. The minimum atomic E-state index is -0.0176. The molecular weight excluding hydrogens is 336 g/mol. The molecule has 0 radical (unpaired) electrons. The van der Waals surface area contributed by atoms with Gasteiger partial charge in [0.05, 0.1) is 17.6 Å². The normalized spacial score (nSPS) is 20.1. The molecule has 2 aromatic rings. The molecule has 1 aliphatic heterocycles. The van der Waals surface area contributed by atoms with Gasteiger partial charge < -0.3 is 10.2 Å². The highest BCUT2D eigenvalue weighted by molar-refractivity contribution is 7.22. The molecule has 1 saturated heterocycles. The van der Waals surface area contributed by atoms with E-state index in [1.165, 1.54) is 17.5 Å². The molecule has 1 aliphatic carbocycles. The van der Waals surface area contributed by atoms with Crippen LogP contribution in [0.1, 0.15) is 31.2 Å². The number of pyridine rings is 1. The lowest BCUT2D eigenvalue weighted by Crippen LogP contribution is -2.34. The van der Waals surface area contributed by atoms with Crippen molar-refractivity contribution in [2.45, 2.75) is 25.7 Å². The topological polar surface area (TPSA) is 106 Å². The fraction of sp³-hybridized carbons (Fsp3) is 0.471. The molecule has 1 unspecified atom stereocenters. The zero-order valence-electron chi connectivity index (χ0n) is 13.5. The Morgan fingerprint density at radius 2 is 2.20 bits per heavy atom. The molecule has 1 N–H and O–H groups in total. The van der Waals surface area contributed by atoms with Crippen LogP contribution in [0.5, 0.6) is 0 Å². The fourth-order valence-corrected chi connectivity index (χ4v) is 4.09. The number of nitriles is 2. The Bertz CT molecular complexity index is 920. The summed E-state index contributed by atoms with van der Waals surface area (Å²) in [7, 11) is 0. The summed E-state index contributed by atoms with van der Waals surface area (Å²) in [5.74, 6) is 0.543. The van der Waals surface area contributed by atoms with Crippen LogP contribution in [0.25, 0.3) is 10.2 Å². The fourth-order valence-electron chi connectivity index (χ4n) is 3.03. The number of thiazole rings is 1. The number of aromatic nitrogens is 2. The van der Waals surface area contributed by atoms with Crippen molar-refractivity contribution in [3.05, 3.63) is 11.8 Å². The van der Waals surface area contributed by atoms with Gasteiger partial charge in [-0.1, -0.05) is 11.3 Å². The van der Waals surface area contributed by atoms with E-state index < -0.39 is 0 Å². The number of carbonyl (C=O) groups is 1. The molecule has 7 nitrogen and oxygen atoms in total. The van der Waals surface area contributed by atoms with Crippen molar-refractivity contribution in [2.75, 3.05) is 23.3 Å². The van der Waals surface area contributed by atoms with Crippen LogP contribution in [0.2, 0.25) is 0 Å². The second-order valence-electron chi connectivity index (χ2n) is 6.48. The minimum Gasteiger partial charge on any atom is -0.347 e. The van der Waals surface area contributed by atoms with Gasteiger partial charge in [-0.2, -0.15) is 10.5 Å². The highest BCUT2D eigenvalue weighted by Crippen LogP contribution is 2.37. The van der Waals surface area contributed by atoms with Crippen molar-refractivity contribution in [3.63, 3.8) is 0 Å². The van der Waals surface area contributed by atoms with E-state index in [1.54, 1.807) is 0 Å². The van der Waals surface area contributed by atoms with Crippen LogP contribution in [0.15, 0.2) is 6.20 Å². The Labute approximate surface area is 148 Å². The molecule has 0 bridgehead atoms. The number of carbonyl (C=O) groups excluding carboxylic acids is 1. The third kappa shape index (κ3) is 3.01. The van der Waals surface area contributed by atoms with E-state index in [0.29, 0.717) is 23.4 Å². The van der Waals surface area contributed by atoms with Crippen LogP contribution in [0.3, 0.4) is 0 Å². The van der Waals surface area contributed by atoms with Gasteiger partial charge in [0.25, 0.3) is 0 Å². The van der Waals surface area contributed by atoms with Crippen LogP contribution in [0.4, 0.5) is 10.9 Å². The zero-order valence-corrected chi connectivity index (χ0v) is 14.3. The van der Waals surface area contributed by atoms with Gasteiger partial charge in [0, 0.05) is 25.2 Å². The predicted molar refractivity (Wildman–Crippen MR) is 94.0 cm³/mol. The molecule has 1 saturated carbocycles. The quantitative estimate of drug-likeness (QED) is 0.910. The Hall–Kier alpha value is -2.71. The maximum atomic E-state index is 12.1. The molecule has 8 heteroatoms. The van der Waals surface area contributed by atoms with Crippen molar-refractivity contribution in [2.24, 2.45) is 11.8 Å². The summed E-state index contributed by atoms with van der Waals surface area (Å²) in [6.45, 7) is 1.49. The summed E-state index contributed by atoms with van der Waals surface area (Å²) >= 11 is 1.42. The van der Waals surface area contributed by atoms with Crippen LogP contribution in [-0.4, -0.2) is 29.0 Å². The number of hydrogen-bond acceptors (Lipinski definition) is 7. The van der Waals surface area contributed by atoms with Gasteiger partial charge in [0.1, 0.15) is 16.3 Å². The van der Waals surface area contributed by atoms with Crippen molar-refractivity contribution in [3.8, 4) is 12.1 Å². The monoisotopic (exact) mass is 352 g/mol. The molecular formula is C17H16N6OS. The smallest absolute Gasteiger partial charge is 0.228 e. The van der Waals surface area contributed by atoms with E-state index in [1.807, 2.05) is 0 Å². The van der Waals surface area contributed by atoms with Crippen molar-refractivity contribution in [1.82, 2.24) is 9.97 Å². The molecule has 25 heavy (non-hydrogen) atoms. The lowest BCUT2D eigenvalue weighted by atomic mass is 10.0. The number of amides is 1. The summed E-state index contributed by atoms with van der Waals surface area (Å²) in [4.78, 5) is 23.1. The number of piperidine rings is 1. The van der Waals surface area contributed by atoms with Crippen molar-refractivity contribution >= 4 is 38.4 Å². The van der Waals surface area contributed by atoms with E-state index in [2.05, 4.69) is 32.3 Å². The standard InChI is InChI=1S/C17H16N6OS/c18-6-10-2-1-5-23(9-10)17-21-13-12(7-19)8-20-15(14(13)25-17)22-16(24)11-3-4-11/h8,10-11H,1-5,9H2,(H,20,22,24). The van der Waals surface area contributed by atoms with Crippen molar-refractivity contribution in [1.29, 1.82) is 10.5 Å². The van der Waals surface area contributed by atoms with Gasteiger partial charge in [0.15, 0.2) is 10.9 Å². The number of fused-ring (bicyclic) bond motifs is 1. The molecule has 3 heterocycles. The summed E-state index contributed by atoms with van der Waals surface area (Å²) < 4.78 is 0.724. The van der Waals surface area contributed by atoms with Gasteiger partial charge in [-0.25, -0.2) is 9.97 Å². The molecule has 0 aromatic carbocycles. The number of nitrogens with zero attached hydrogens (tertiary/aromatic N) is 5. The highest BCUT2D eigenvalue weighted by atomic mass is 32.1. The number of hydrogen-bond donors (Lipinski definition) is 1. The van der Waals surface area contributed by atoms with Gasteiger partial charge in [-0.05, 0) is 25.7 Å². The molecule has 1 atom stereocenters. The maximum absolute atomic E-state index is 12.1. The van der Waals surface area contributed by atoms with Gasteiger partial charge in [-0.3, -0.25) is 4.79 Å². The molecule has 2 fully saturated rings. The first-order chi connectivity index (χ1) is 12.2. The third-order valence-electron chi connectivity index (χ3n) is 4.59. The Balaban J connectivity index is 1.71. The van der Waals surface area contributed by atoms with Crippen LogP contribution < -0.4 is 10.2 Å². The first-order valence-corrected chi connectivity index (χ1v) is 9.16. The molecule has 126 valence electrons. The average Bonchev–Trinajstić information content (AvgIpc) is 3.40. The third-order valence-corrected chi connectivity index (χ3v) is 5.72. The summed E-state index contributed by atoms with van der Waals surface area (Å²) in [6, 6.07) is 4.45. The first-order valence-electron chi connectivity index (χ1n) is 8.34. The van der Waals surface area contributed by atoms with Crippen LogP contribution in [0, 0.1) is 34.5 Å². The van der Waals surface area contributed by atoms with Crippen LogP contribution in [-0.2, 0) is 4.79 Å². The largest absolute Gasteiger partial charge is 0.347 e. The molecule has 0 spiro atoms. The van der Waals surface area contributed by atoms with Crippen molar-refractivity contribution < 1.29 is 4.79 Å². The molecule has 2 aliphatic rings. The maximum Gasteiger partial charge on any atom is 0.228 e. The van der Waals surface area contributed by atoms with Crippen LogP contribution >= 0.6 is 11.3 Å². The average molecular weight is 352 g/mol. The first kappa shape index (κ1) is 15.8. The Morgan fingerprint density at radius 3 is 2.92 bits per heavy atom. The highest BCUT2D eigenvalue weighted by Gasteiger charge is 2.31. The lowest BCUT2D eigenvalue weighted by molar-refractivity contribution is -0.117. The minimum absolute atomic E-state index is 0.00312. The van der Waals surface area contributed by atoms with E-state index in [9.17, 15) is 15.3 Å². The summed E-state index contributed by atoms with van der Waals surface area (Å²) in [5, 5.41) is 22.2. The molecule has 4 rings (SSSR count). The van der Waals surface area contributed by atoms with Gasteiger partial charge in [-0.15, -0.1) is 0 Å². The SMILES string of the molecule is N#Cc1cnc(NC(=O)C2CC2)c2sc(N3CCCC(C#N)C3)nc12. The zero-order chi connectivity index (χ0) is 17.4. The number of rotatable bonds is 3. The lowest BCUT2D eigenvalue weighted by Gasteiger charge is -2.28. The van der Waals surface area contributed by atoms with E-state index >= 15 is 0 Å². The van der Waals surface area contributed by atoms with Gasteiger partial charge in [0.2, 0.25) is 5.91 Å². The van der Waals surface area contributed by atoms with E-state index in [4.69, 9.17) is 0 Å². The molecule has 1 amide bonds. The summed E-state index contributed by atoms with van der Waals surface area (Å²) in [6.07, 6.45) is 5.15. The van der Waals surface area contributed by atoms with Gasteiger partial charge >= 0.3 is 0 Å². The number of anilines is 2. The van der Waals surface area contributed by atoms with E-state index in [0.717, 1.165) is 42.1 Å². The second kappa shape index (κ2) is 6.30.